The summed E-state index contributed by atoms with van der Waals surface area (Å²) in [5.74, 6) is -0.827. The number of hydrogen-bond acceptors (Lipinski definition) is 2. The average Bonchev–Trinajstić information content (AvgIpc) is 2.92. The molecule has 2 aromatic carbocycles. The van der Waals surface area contributed by atoms with Crippen LogP contribution < -0.4 is 0 Å². The molecular weight excluding hydrogens is 438 g/mol. The van der Waals surface area contributed by atoms with E-state index in [-0.39, 0.29) is 5.69 Å². The second-order valence-corrected chi connectivity index (χ2v) is 6.96. The van der Waals surface area contributed by atoms with Gasteiger partial charge < -0.3 is 5.11 Å². The highest BCUT2D eigenvalue weighted by atomic mass is 79.9. The number of imidazole rings is 1. The quantitative estimate of drug-likeness (QED) is 0.540. The van der Waals surface area contributed by atoms with E-state index in [9.17, 15) is 9.90 Å². The Morgan fingerprint density at radius 3 is 2.33 bits per heavy atom. The molecule has 3 rings (SSSR count). The van der Waals surface area contributed by atoms with Crippen LogP contribution in [0, 0.1) is 0 Å². The predicted molar refractivity (Wildman–Crippen MR) is 98.7 cm³/mol. The number of rotatable bonds is 3. The molecule has 0 aliphatic rings. The first-order chi connectivity index (χ1) is 11.4. The molecule has 1 heterocycles. The molecule has 0 aliphatic carbocycles. The number of carboxylic acid groups (broad SMARTS) is 1. The van der Waals surface area contributed by atoms with Crippen molar-refractivity contribution in [3.8, 4) is 17.1 Å². The molecule has 3 aromatic rings. The number of nitrogens with zero attached hydrogens (tertiary/aromatic N) is 2. The number of benzene rings is 2. The summed E-state index contributed by atoms with van der Waals surface area (Å²) in [5, 5.41) is 10.4. The van der Waals surface area contributed by atoms with Gasteiger partial charge >= 0.3 is 5.97 Å². The van der Waals surface area contributed by atoms with Gasteiger partial charge in [-0.1, -0.05) is 56.8 Å². The first kappa shape index (κ1) is 17.3. The van der Waals surface area contributed by atoms with Crippen LogP contribution in [0.5, 0.6) is 0 Å². The third-order valence-electron chi connectivity index (χ3n) is 3.28. The Morgan fingerprint density at radius 1 is 1.08 bits per heavy atom. The lowest BCUT2D eigenvalue weighted by atomic mass is 10.2. The normalized spacial score (nSPS) is 10.8. The number of aromatic nitrogens is 2. The maximum Gasteiger partial charge on any atom is 0.356 e. The first-order valence-corrected chi connectivity index (χ1v) is 8.53. The molecule has 0 spiro atoms. The zero-order valence-corrected chi connectivity index (χ0v) is 15.7. The fraction of sp³-hybridized carbons (Fsp3) is 0. The lowest BCUT2D eigenvalue weighted by Gasteiger charge is -2.12. The molecule has 0 radical (unpaired) electrons. The number of carbonyl (C=O) groups is 1. The summed E-state index contributed by atoms with van der Waals surface area (Å²) in [6.07, 6.45) is 1.36. The molecule has 0 atom stereocenters. The lowest BCUT2D eigenvalue weighted by Crippen LogP contribution is -1.98. The minimum Gasteiger partial charge on any atom is -0.476 e. The van der Waals surface area contributed by atoms with Crippen molar-refractivity contribution in [1.82, 2.24) is 9.55 Å². The van der Waals surface area contributed by atoms with Gasteiger partial charge in [0.05, 0.1) is 20.8 Å². The monoisotopic (exact) mass is 444 g/mol. The summed E-state index contributed by atoms with van der Waals surface area (Å²) in [5.41, 5.74) is 0.859. The van der Waals surface area contributed by atoms with Crippen LogP contribution in [0.4, 0.5) is 0 Å². The topological polar surface area (TPSA) is 55.1 Å². The molecule has 0 saturated carbocycles. The molecule has 0 fully saturated rings. The molecule has 0 unspecified atom stereocenters. The third kappa shape index (κ3) is 3.17. The Balaban J connectivity index is 2.32. The fourth-order valence-corrected chi connectivity index (χ4v) is 3.57. The molecule has 1 N–H and O–H groups in total. The molecule has 0 bridgehead atoms. The molecular formula is C16H8BrCl3N2O2. The summed E-state index contributed by atoms with van der Waals surface area (Å²) in [6, 6.07) is 10.3. The Morgan fingerprint density at radius 2 is 1.75 bits per heavy atom. The zero-order chi connectivity index (χ0) is 17.4. The van der Waals surface area contributed by atoms with Gasteiger partial charge in [0, 0.05) is 16.2 Å². The Kier molecular flexibility index (Phi) is 4.88. The van der Waals surface area contributed by atoms with E-state index in [0.717, 1.165) is 4.47 Å². The summed E-state index contributed by atoms with van der Waals surface area (Å²) in [4.78, 5) is 15.5. The van der Waals surface area contributed by atoms with Crippen molar-refractivity contribution >= 4 is 56.7 Å². The minimum absolute atomic E-state index is 0.139. The smallest absolute Gasteiger partial charge is 0.356 e. The summed E-state index contributed by atoms with van der Waals surface area (Å²) < 4.78 is 2.33. The van der Waals surface area contributed by atoms with E-state index in [1.807, 2.05) is 0 Å². The SMILES string of the molecule is O=C(O)c1cn(-c2c(Cl)cccc2Cl)c(-c2ccc(Br)cc2Cl)n1. The van der Waals surface area contributed by atoms with Crippen molar-refractivity contribution in [2.75, 3.05) is 0 Å². The third-order valence-corrected chi connectivity index (χ3v) is 4.69. The van der Waals surface area contributed by atoms with Crippen LogP contribution in [0.3, 0.4) is 0 Å². The van der Waals surface area contributed by atoms with Crippen molar-refractivity contribution in [1.29, 1.82) is 0 Å². The number of halogens is 4. The summed E-state index contributed by atoms with van der Waals surface area (Å²) >= 11 is 22.1. The Bertz CT molecular complexity index is 936. The molecule has 4 nitrogen and oxygen atoms in total. The van der Waals surface area contributed by atoms with Crippen molar-refractivity contribution in [2.24, 2.45) is 0 Å². The van der Waals surface area contributed by atoms with Gasteiger partial charge in [-0.3, -0.25) is 4.57 Å². The standard InChI is InChI=1S/C16H8BrCl3N2O2/c17-8-4-5-9(12(20)6-8)15-21-13(16(23)24)7-22(15)14-10(18)2-1-3-11(14)19/h1-7H,(H,23,24). The van der Waals surface area contributed by atoms with E-state index in [0.29, 0.717) is 32.1 Å². The second kappa shape index (κ2) is 6.76. The van der Waals surface area contributed by atoms with E-state index in [1.165, 1.54) is 10.8 Å². The highest BCUT2D eigenvalue weighted by Crippen LogP contribution is 2.35. The van der Waals surface area contributed by atoms with Crippen LogP contribution in [0.1, 0.15) is 10.5 Å². The maximum atomic E-state index is 11.4. The zero-order valence-electron chi connectivity index (χ0n) is 11.8. The van der Waals surface area contributed by atoms with Gasteiger partial charge in [-0.05, 0) is 30.3 Å². The van der Waals surface area contributed by atoms with Crippen molar-refractivity contribution < 1.29 is 9.90 Å². The van der Waals surface area contributed by atoms with Gasteiger partial charge in [-0.25, -0.2) is 9.78 Å². The highest BCUT2D eigenvalue weighted by molar-refractivity contribution is 9.10. The van der Waals surface area contributed by atoms with Crippen LogP contribution in [0.15, 0.2) is 47.1 Å². The van der Waals surface area contributed by atoms with Gasteiger partial charge in [0.1, 0.15) is 5.82 Å². The average molecular weight is 447 g/mol. The van der Waals surface area contributed by atoms with Crippen LogP contribution in [0.2, 0.25) is 15.1 Å². The molecule has 1 aromatic heterocycles. The van der Waals surface area contributed by atoms with E-state index in [1.54, 1.807) is 36.4 Å². The van der Waals surface area contributed by atoms with Gasteiger partial charge in [-0.2, -0.15) is 0 Å². The lowest BCUT2D eigenvalue weighted by molar-refractivity contribution is 0.0691. The van der Waals surface area contributed by atoms with Gasteiger partial charge in [-0.15, -0.1) is 0 Å². The van der Waals surface area contributed by atoms with Crippen LogP contribution >= 0.6 is 50.7 Å². The number of carboxylic acids is 1. The fourth-order valence-electron chi connectivity index (χ4n) is 2.23. The molecule has 0 aliphatic heterocycles. The van der Waals surface area contributed by atoms with E-state index in [4.69, 9.17) is 34.8 Å². The van der Waals surface area contributed by atoms with Crippen molar-refractivity contribution in [2.45, 2.75) is 0 Å². The van der Waals surface area contributed by atoms with Crippen molar-refractivity contribution in [3.05, 3.63) is 67.8 Å². The van der Waals surface area contributed by atoms with Gasteiger partial charge in [0.25, 0.3) is 0 Å². The largest absolute Gasteiger partial charge is 0.476 e. The van der Waals surface area contributed by atoms with Crippen LogP contribution in [0.25, 0.3) is 17.1 Å². The van der Waals surface area contributed by atoms with E-state index < -0.39 is 5.97 Å². The summed E-state index contributed by atoms with van der Waals surface area (Å²) in [6.45, 7) is 0. The number of para-hydroxylation sites is 1. The molecule has 122 valence electrons. The van der Waals surface area contributed by atoms with Gasteiger partial charge in [0.2, 0.25) is 0 Å². The van der Waals surface area contributed by atoms with Crippen LogP contribution in [-0.2, 0) is 0 Å². The van der Waals surface area contributed by atoms with Crippen LogP contribution in [-0.4, -0.2) is 20.6 Å². The first-order valence-electron chi connectivity index (χ1n) is 6.61. The number of hydrogen-bond donors (Lipinski definition) is 1. The molecule has 0 amide bonds. The predicted octanol–water partition coefficient (Wildman–Crippen LogP) is 5.96. The minimum atomic E-state index is -1.16. The van der Waals surface area contributed by atoms with Crippen molar-refractivity contribution in [3.63, 3.8) is 0 Å². The molecule has 0 saturated heterocycles. The van der Waals surface area contributed by atoms with Gasteiger partial charge in [0.15, 0.2) is 5.69 Å². The Labute approximate surface area is 160 Å². The summed E-state index contributed by atoms with van der Waals surface area (Å²) in [7, 11) is 0. The highest BCUT2D eigenvalue weighted by Gasteiger charge is 2.20. The Hall–Kier alpha value is -1.53. The van der Waals surface area contributed by atoms with E-state index >= 15 is 0 Å². The second-order valence-electron chi connectivity index (χ2n) is 4.82. The molecule has 8 heteroatoms. The number of aromatic carboxylic acids is 1. The molecule has 24 heavy (non-hydrogen) atoms. The maximum absolute atomic E-state index is 11.4. The van der Waals surface area contributed by atoms with E-state index in [2.05, 4.69) is 20.9 Å².